The Morgan fingerprint density at radius 1 is 1.07 bits per heavy atom. The summed E-state index contributed by atoms with van der Waals surface area (Å²) in [6.07, 6.45) is 0.216. The highest BCUT2D eigenvalue weighted by molar-refractivity contribution is 7.23. The maximum Gasteiger partial charge on any atom is 0.255 e. The quantitative estimate of drug-likeness (QED) is 0.533. The van der Waals surface area contributed by atoms with Crippen LogP contribution in [0.4, 0.5) is 4.39 Å². The number of amides is 2. The van der Waals surface area contributed by atoms with Gasteiger partial charge < -0.3 is 9.80 Å². The van der Waals surface area contributed by atoms with Gasteiger partial charge >= 0.3 is 0 Å². The molecule has 1 aliphatic rings. The number of thiophene rings is 1. The van der Waals surface area contributed by atoms with Gasteiger partial charge in [-0.15, -0.1) is 22.7 Å². The molecule has 0 N–H and O–H groups in total. The van der Waals surface area contributed by atoms with E-state index < -0.39 is 5.82 Å². The van der Waals surface area contributed by atoms with Crippen LogP contribution in [0.5, 0.6) is 0 Å². The Hall–Kier alpha value is -2.00. The Kier molecular flexibility index (Phi) is 6.38. The fourth-order valence-electron chi connectivity index (χ4n) is 3.19. The summed E-state index contributed by atoms with van der Waals surface area (Å²) in [6.45, 7) is 1.66. The highest BCUT2D eigenvalue weighted by Crippen LogP contribution is 2.33. The second-order valence-electron chi connectivity index (χ2n) is 6.72. The molecular formula is C20H16Cl2FN3O2S2. The average Bonchev–Trinajstić information content (AvgIpc) is 3.36. The fraction of sp³-hybridized carbons (Fsp3) is 0.250. The first-order chi connectivity index (χ1) is 14.4. The van der Waals surface area contributed by atoms with Gasteiger partial charge in [-0.05, 0) is 30.3 Å². The van der Waals surface area contributed by atoms with Gasteiger partial charge in [0, 0.05) is 31.6 Å². The van der Waals surface area contributed by atoms with Crippen molar-refractivity contribution in [3.05, 3.63) is 62.1 Å². The number of nitrogens with zero attached hydrogens (tertiary/aromatic N) is 3. The van der Waals surface area contributed by atoms with Gasteiger partial charge in [-0.1, -0.05) is 23.2 Å². The Morgan fingerprint density at radius 3 is 2.47 bits per heavy atom. The van der Waals surface area contributed by atoms with Crippen molar-refractivity contribution in [3.63, 3.8) is 0 Å². The SMILES string of the molecule is O=C(Cc1csc(-c2ccc(Cl)s2)n1)N1CCN(C(=O)c2ccc(F)cc2Cl)CC1. The topological polar surface area (TPSA) is 53.5 Å². The predicted octanol–water partition coefficient (Wildman–Crippen LogP) is 4.84. The number of benzene rings is 1. The zero-order valence-electron chi connectivity index (χ0n) is 15.6. The van der Waals surface area contributed by atoms with Crippen molar-refractivity contribution in [3.8, 4) is 9.88 Å². The number of aromatic nitrogens is 1. The van der Waals surface area contributed by atoms with Gasteiger partial charge in [0.2, 0.25) is 5.91 Å². The molecule has 1 fully saturated rings. The van der Waals surface area contributed by atoms with Crippen molar-refractivity contribution in [1.82, 2.24) is 14.8 Å². The third-order valence-electron chi connectivity index (χ3n) is 4.75. The Morgan fingerprint density at radius 2 is 1.80 bits per heavy atom. The number of hydrogen-bond donors (Lipinski definition) is 0. The van der Waals surface area contributed by atoms with Gasteiger partial charge in [0.05, 0.1) is 31.9 Å². The van der Waals surface area contributed by atoms with E-state index in [1.165, 1.54) is 34.8 Å². The van der Waals surface area contributed by atoms with Crippen LogP contribution in [0.2, 0.25) is 9.36 Å². The van der Waals surface area contributed by atoms with Crippen molar-refractivity contribution in [2.45, 2.75) is 6.42 Å². The van der Waals surface area contributed by atoms with E-state index in [1.807, 2.05) is 17.5 Å². The van der Waals surface area contributed by atoms with Crippen molar-refractivity contribution in [2.24, 2.45) is 0 Å². The van der Waals surface area contributed by atoms with Crippen LogP contribution in [-0.4, -0.2) is 52.8 Å². The molecule has 0 radical (unpaired) electrons. The van der Waals surface area contributed by atoms with Crippen molar-refractivity contribution in [2.75, 3.05) is 26.2 Å². The number of carbonyl (C=O) groups is 2. The van der Waals surface area contributed by atoms with E-state index in [1.54, 1.807) is 9.80 Å². The summed E-state index contributed by atoms with van der Waals surface area (Å²) in [5.41, 5.74) is 0.989. The van der Waals surface area contributed by atoms with Crippen LogP contribution in [0.3, 0.4) is 0 Å². The molecule has 1 aromatic carbocycles. The summed E-state index contributed by atoms with van der Waals surface area (Å²) < 4.78 is 13.9. The van der Waals surface area contributed by atoms with Gasteiger partial charge in [-0.25, -0.2) is 9.37 Å². The van der Waals surface area contributed by atoms with E-state index in [9.17, 15) is 14.0 Å². The van der Waals surface area contributed by atoms with Crippen LogP contribution in [0.25, 0.3) is 9.88 Å². The zero-order valence-corrected chi connectivity index (χ0v) is 18.8. The molecule has 0 atom stereocenters. The predicted molar refractivity (Wildman–Crippen MR) is 118 cm³/mol. The summed E-state index contributed by atoms with van der Waals surface area (Å²) >= 11 is 14.9. The molecule has 0 aliphatic carbocycles. The molecule has 2 amide bonds. The van der Waals surface area contributed by atoms with Gasteiger partial charge in [-0.3, -0.25) is 9.59 Å². The molecular weight excluding hydrogens is 468 g/mol. The summed E-state index contributed by atoms with van der Waals surface area (Å²) in [7, 11) is 0. The first kappa shape index (κ1) is 21.2. The van der Waals surface area contributed by atoms with Crippen LogP contribution >= 0.6 is 45.9 Å². The van der Waals surface area contributed by atoms with Crippen LogP contribution in [-0.2, 0) is 11.2 Å². The number of hydrogen-bond acceptors (Lipinski definition) is 5. The van der Waals surface area contributed by atoms with E-state index in [2.05, 4.69) is 4.98 Å². The fourth-order valence-corrected chi connectivity index (χ4v) is 5.37. The van der Waals surface area contributed by atoms with Crippen LogP contribution in [0.15, 0.2) is 35.7 Å². The van der Waals surface area contributed by atoms with Crippen molar-refractivity contribution >= 4 is 57.7 Å². The van der Waals surface area contributed by atoms with Crippen LogP contribution in [0, 0.1) is 5.82 Å². The molecule has 1 saturated heterocycles. The number of carbonyl (C=O) groups excluding carboxylic acids is 2. The smallest absolute Gasteiger partial charge is 0.255 e. The van der Waals surface area contributed by atoms with Gasteiger partial charge in [0.25, 0.3) is 5.91 Å². The largest absolute Gasteiger partial charge is 0.339 e. The Balaban J connectivity index is 1.33. The lowest BCUT2D eigenvalue weighted by molar-refractivity contribution is -0.132. The molecule has 5 nitrogen and oxygen atoms in total. The van der Waals surface area contributed by atoms with Crippen LogP contribution in [0.1, 0.15) is 16.1 Å². The molecule has 4 rings (SSSR count). The van der Waals surface area contributed by atoms with Gasteiger partial charge in [0.15, 0.2) is 0 Å². The van der Waals surface area contributed by atoms with E-state index in [-0.39, 0.29) is 28.8 Å². The Labute approximate surface area is 190 Å². The highest BCUT2D eigenvalue weighted by atomic mass is 35.5. The molecule has 2 aromatic heterocycles. The molecule has 1 aliphatic heterocycles. The molecule has 3 heterocycles. The van der Waals surface area contributed by atoms with E-state index in [0.29, 0.717) is 30.5 Å². The number of rotatable bonds is 4. The minimum absolute atomic E-state index is 0.0250. The maximum atomic E-state index is 13.2. The standard InChI is InChI=1S/C20H16Cl2FN3O2S2/c21-15-9-12(23)1-2-14(15)20(28)26-7-5-25(6-8-26)18(27)10-13-11-29-19(24-13)16-3-4-17(22)30-16/h1-4,9,11H,5-8,10H2. The molecule has 30 heavy (non-hydrogen) atoms. The molecule has 0 spiro atoms. The zero-order chi connectivity index (χ0) is 21.3. The minimum atomic E-state index is -0.487. The second kappa shape index (κ2) is 9.01. The molecule has 156 valence electrons. The van der Waals surface area contributed by atoms with Gasteiger partial charge in [0.1, 0.15) is 10.8 Å². The normalized spacial score (nSPS) is 14.2. The lowest BCUT2D eigenvalue weighted by atomic mass is 10.1. The lowest BCUT2D eigenvalue weighted by Crippen LogP contribution is -2.51. The number of piperazine rings is 1. The summed E-state index contributed by atoms with van der Waals surface area (Å²) in [4.78, 5) is 34.2. The Bertz CT molecular complexity index is 1090. The monoisotopic (exact) mass is 483 g/mol. The second-order valence-corrected chi connectivity index (χ2v) is 9.70. The average molecular weight is 484 g/mol. The first-order valence-electron chi connectivity index (χ1n) is 9.13. The van der Waals surface area contributed by atoms with E-state index in [4.69, 9.17) is 23.2 Å². The first-order valence-corrected chi connectivity index (χ1v) is 11.6. The summed E-state index contributed by atoms with van der Waals surface area (Å²) in [5.74, 6) is -0.770. The van der Waals surface area contributed by atoms with Crippen LogP contribution < -0.4 is 0 Å². The maximum absolute atomic E-state index is 13.2. The molecule has 3 aromatic rings. The minimum Gasteiger partial charge on any atom is -0.339 e. The lowest BCUT2D eigenvalue weighted by Gasteiger charge is -2.35. The van der Waals surface area contributed by atoms with E-state index >= 15 is 0 Å². The number of halogens is 3. The molecule has 10 heteroatoms. The summed E-state index contributed by atoms with van der Waals surface area (Å²) in [6, 6.07) is 7.47. The van der Waals surface area contributed by atoms with Crippen molar-refractivity contribution in [1.29, 1.82) is 0 Å². The third-order valence-corrected chi connectivity index (χ3v) is 7.35. The highest BCUT2D eigenvalue weighted by Gasteiger charge is 2.26. The molecule has 0 unspecified atom stereocenters. The third kappa shape index (κ3) is 4.67. The molecule has 0 saturated carbocycles. The van der Waals surface area contributed by atoms with Crippen molar-refractivity contribution < 1.29 is 14.0 Å². The molecule has 0 bridgehead atoms. The summed E-state index contributed by atoms with van der Waals surface area (Å²) in [5, 5.41) is 2.82. The van der Waals surface area contributed by atoms with E-state index in [0.717, 1.165) is 21.6 Å². The van der Waals surface area contributed by atoms with Gasteiger partial charge in [-0.2, -0.15) is 0 Å². The number of thiazole rings is 1.